The van der Waals surface area contributed by atoms with Crippen molar-refractivity contribution in [3.05, 3.63) is 34.9 Å². The molecule has 1 fully saturated rings. The molecule has 12 heavy (non-hydrogen) atoms. The predicted molar refractivity (Wildman–Crippen MR) is 55.7 cm³/mol. The Hall–Kier alpha value is -0.430. The van der Waals surface area contributed by atoms with Crippen molar-refractivity contribution in [2.75, 3.05) is 5.75 Å². The van der Waals surface area contributed by atoms with Gasteiger partial charge in [-0.1, -0.05) is 23.8 Å². The van der Waals surface area contributed by atoms with Gasteiger partial charge < -0.3 is 0 Å². The molecule has 2 rings (SSSR count). The SMILES string of the molecule is Cc1ccc(C)c(C2CCS2)c1. The van der Waals surface area contributed by atoms with E-state index >= 15 is 0 Å². The molecule has 1 aromatic carbocycles. The second-order valence-corrected chi connectivity index (χ2v) is 4.82. The van der Waals surface area contributed by atoms with Crippen molar-refractivity contribution in [1.29, 1.82) is 0 Å². The van der Waals surface area contributed by atoms with Gasteiger partial charge in [-0.2, -0.15) is 11.8 Å². The van der Waals surface area contributed by atoms with E-state index in [9.17, 15) is 0 Å². The lowest BCUT2D eigenvalue weighted by Gasteiger charge is -2.27. The highest BCUT2D eigenvalue weighted by atomic mass is 32.2. The van der Waals surface area contributed by atoms with Crippen LogP contribution >= 0.6 is 11.8 Å². The van der Waals surface area contributed by atoms with Crippen LogP contribution in [0.25, 0.3) is 0 Å². The van der Waals surface area contributed by atoms with Crippen molar-refractivity contribution >= 4 is 11.8 Å². The molecule has 64 valence electrons. The number of thioether (sulfide) groups is 1. The normalized spacial score (nSPS) is 22.0. The fourth-order valence-electron chi connectivity index (χ4n) is 1.59. The zero-order chi connectivity index (χ0) is 8.55. The highest BCUT2D eigenvalue weighted by Gasteiger charge is 2.21. The lowest BCUT2D eigenvalue weighted by Crippen LogP contribution is -2.08. The summed E-state index contributed by atoms with van der Waals surface area (Å²) in [6.45, 7) is 4.39. The monoisotopic (exact) mass is 178 g/mol. The van der Waals surface area contributed by atoms with Crippen molar-refractivity contribution in [2.45, 2.75) is 25.5 Å². The van der Waals surface area contributed by atoms with Gasteiger partial charge in [0.1, 0.15) is 0 Å². The van der Waals surface area contributed by atoms with Gasteiger partial charge in [-0.25, -0.2) is 0 Å². The second-order valence-electron chi connectivity index (χ2n) is 3.51. The van der Waals surface area contributed by atoms with Crippen molar-refractivity contribution in [3.63, 3.8) is 0 Å². The molecule has 1 unspecified atom stereocenters. The largest absolute Gasteiger partial charge is 0.154 e. The lowest BCUT2D eigenvalue weighted by molar-refractivity contribution is 0.841. The van der Waals surface area contributed by atoms with Crippen LogP contribution in [0.3, 0.4) is 0 Å². The summed E-state index contributed by atoms with van der Waals surface area (Å²) in [7, 11) is 0. The van der Waals surface area contributed by atoms with Crippen molar-refractivity contribution in [3.8, 4) is 0 Å². The maximum absolute atomic E-state index is 2.34. The molecule has 0 saturated carbocycles. The molecule has 0 nitrogen and oxygen atoms in total. The third-order valence-corrected chi connectivity index (χ3v) is 3.84. The first kappa shape index (κ1) is 8.18. The summed E-state index contributed by atoms with van der Waals surface area (Å²) in [5, 5.41) is 0.796. The summed E-state index contributed by atoms with van der Waals surface area (Å²) in [4.78, 5) is 0. The lowest BCUT2D eigenvalue weighted by atomic mass is 10.0. The third kappa shape index (κ3) is 1.38. The minimum atomic E-state index is 0.796. The Bertz CT molecular complexity index is 287. The van der Waals surface area contributed by atoms with Gasteiger partial charge in [-0.05, 0) is 37.1 Å². The van der Waals surface area contributed by atoms with Crippen LogP contribution in [0, 0.1) is 13.8 Å². The van der Waals surface area contributed by atoms with E-state index in [2.05, 4.69) is 43.8 Å². The van der Waals surface area contributed by atoms with Gasteiger partial charge in [0.15, 0.2) is 0 Å². The smallest absolute Gasteiger partial charge is 0.0307 e. The molecule has 1 heteroatoms. The van der Waals surface area contributed by atoms with Gasteiger partial charge in [-0.15, -0.1) is 0 Å². The van der Waals surface area contributed by atoms with Crippen LogP contribution in [0.15, 0.2) is 18.2 Å². The van der Waals surface area contributed by atoms with Gasteiger partial charge in [-0.3, -0.25) is 0 Å². The Morgan fingerprint density at radius 2 is 2.08 bits per heavy atom. The van der Waals surface area contributed by atoms with E-state index in [1.807, 2.05) is 0 Å². The Morgan fingerprint density at radius 3 is 2.67 bits per heavy atom. The molecule has 1 aromatic rings. The molecule has 0 N–H and O–H groups in total. The highest BCUT2D eigenvalue weighted by Crippen LogP contribution is 2.43. The summed E-state index contributed by atoms with van der Waals surface area (Å²) in [6.07, 6.45) is 1.37. The van der Waals surface area contributed by atoms with Crippen LogP contribution in [0.4, 0.5) is 0 Å². The number of hydrogen-bond acceptors (Lipinski definition) is 1. The molecular formula is C11H14S. The first-order chi connectivity index (χ1) is 5.77. The van der Waals surface area contributed by atoms with Crippen LogP contribution in [0.2, 0.25) is 0 Å². The van der Waals surface area contributed by atoms with E-state index in [1.54, 1.807) is 5.56 Å². The van der Waals surface area contributed by atoms with Gasteiger partial charge >= 0.3 is 0 Å². The van der Waals surface area contributed by atoms with Gasteiger partial charge in [0, 0.05) is 5.25 Å². The molecule has 0 spiro atoms. The summed E-state index contributed by atoms with van der Waals surface area (Å²) in [6, 6.07) is 6.78. The third-order valence-electron chi connectivity index (χ3n) is 2.48. The first-order valence-electron chi connectivity index (χ1n) is 4.46. The van der Waals surface area contributed by atoms with E-state index < -0.39 is 0 Å². The molecule has 0 amide bonds. The predicted octanol–water partition coefficient (Wildman–Crippen LogP) is 3.48. The maximum Gasteiger partial charge on any atom is 0.0307 e. The Morgan fingerprint density at radius 1 is 1.33 bits per heavy atom. The quantitative estimate of drug-likeness (QED) is 0.634. The molecule has 0 bridgehead atoms. The van der Waals surface area contributed by atoms with Crippen molar-refractivity contribution in [1.82, 2.24) is 0 Å². The van der Waals surface area contributed by atoms with Gasteiger partial charge in [0.2, 0.25) is 0 Å². The fraction of sp³-hybridized carbons (Fsp3) is 0.455. The fourth-order valence-corrected chi connectivity index (χ4v) is 2.49. The molecule has 1 aliphatic heterocycles. The standard InChI is InChI=1S/C11H14S/c1-8-3-4-9(2)10(7-8)11-5-6-12-11/h3-4,7,11H,5-6H2,1-2H3. The number of hydrogen-bond donors (Lipinski definition) is 0. The number of aryl methyl sites for hydroxylation is 2. The molecule has 0 aromatic heterocycles. The molecule has 1 heterocycles. The first-order valence-corrected chi connectivity index (χ1v) is 5.51. The molecule has 0 radical (unpaired) electrons. The minimum Gasteiger partial charge on any atom is -0.154 e. The van der Waals surface area contributed by atoms with E-state index in [0.29, 0.717) is 0 Å². The second kappa shape index (κ2) is 3.14. The molecule has 1 aliphatic rings. The summed E-state index contributed by atoms with van der Waals surface area (Å²) < 4.78 is 0. The highest BCUT2D eigenvalue weighted by molar-refractivity contribution is 8.00. The Kier molecular flexibility index (Phi) is 2.14. The minimum absolute atomic E-state index is 0.796. The van der Waals surface area contributed by atoms with E-state index in [-0.39, 0.29) is 0 Å². The van der Waals surface area contributed by atoms with E-state index in [0.717, 1.165) is 5.25 Å². The van der Waals surface area contributed by atoms with Crippen LogP contribution in [0.1, 0.15) is 28.4 Å². The average Bonchev–Trinajstić information content (AvgIpc) is 1.93. The van der Waals surface area contributed by atoms with Crippen molar-refractivity contribution < 1.29 is 0 Å². The number of rotatable bonds is 1. The summed E-state index contributed by atoms with van der Waals surface area (Å²) in [5.41, 5.74) is 4.41. The number of benzene rings is 1. The van der Waals surface area contributed by atoms with Gasteiger partial charge in [0.25, 0.3) is 0 Å². The molecule has 1 saturated heterocycles. The van der Waals surface area contributed by atoms with Gasteiger partial charge in [0.05, 0.1) is 0 Å². The Labute approximate surface area is 78.4 Å². The molecule has 1 atom stereocenters. The van der Waals surface area contributed by atoms with Crippen LogP contribution in [0.5, 0.6) is 0 Å². The van der Waals surface area contributed by atoms with Crippen LogP contribution in [-0.4, -0.2) is 5.75 Å². The Balaban J connectivity index is 2.34. The molecular weight excluding hydrogens is 164 g/mol. The molecule has 0 aliphatic carbocycles. The maximum atomic E-state index is 2.34. The average molecular weight is 178 g/mol. The zero-order valence-corrected chi connectivity index (χ0v) is 8.45. The zero-order valence-electron chi connectivity index (χ0n) is 7.63. The summed E-state index contributed by atoms with van der Waals surface area (Å²) >= 11 is 2.08. The van der Waals surface area contributed by atoms with Crippen LogP contribution < -0.4 is 0 Å². The topological polar surface area (TPSA) is 0 Å². The van der Waals surface area contributed by atoms with E-state index in [4.69, 9.17) is 0 Å². The summed E-state index contributed by atoms with van der Waals surface area (Å²) in [5.74, 6) is 1.35. The van der Waals surface area contributed by atoms with Crippen molar-refractivity contribution in [2.24, 2.45) is 0 Å². The van der Waals surface area contributed by atoms with Crippen LogP contribution in [-0.2, 0) is 0 Å². The van der Waals surface area contributed by atoms with E-state index in [1.165, 1.54) is 23.3 Å².